The maximum Gasteiger partial charge on any atom is 0.174 e. The van der Waals surface area contributed by atoms with Crippen LogP contribution in [0.5, 0.6) is 0 Å². The highest BCUT2D eigenvalue weighted by molar-refractivity contribution is 8.01. The summed E-state index contributed by atoms with van der Waals surface area (Å²) in [5.41, 5.74) is 0. The molecule has 0 unspecified atom stereocenters. The number of hydrogen-bond acceptors (Lipinski definition) is 6. The molecule has 0 saturated carbocycles. The van der Waals surface area contributed by atoms with Crippen molar-refractivity contribution in [2.75, 3.05) is 17.3 Å². The molecule has 1 heterocycles. The number of hydrogen-bond donors (Lipinski definition) is 2. The van der Waals surface area contributed by atoms with E-state index in [1.807, 2.05) is 11.8 Å². The SMILES string of the molecule is SCCCCCCSc1nnc(CCCCCS)s1. The molecule has 0 aromatic carbocycles. The van der Waals surface area contributed by atoms with Crippen molar-refractivity contribution in [3.8, 4) is 0 Å². The summed E-state index contributed by atoms with van der Waals surface area (Å²) in [4.78, 5) is 0. The normalized spacial score (nSPS) is 11.1. The second-order valence-corrected chi connectivity index (χ2v) is 7.78. The lowest BCUT2D eigenvalue weighted by atomic mass is 10.2. The van der Waals surface area contributed by atoms with Crippen molar-refractivity contribution < 1.29 is 0 Å². The van der Waals surface area contributed by atoms with Crippen molar-refractivity contribution in [1.82, 2.24) is 10.2 Å². The molecule has 1 aromatic rings. The van der Waals surface area contributed by atoms with Gasteiger partial charge in [0.15, 0.2) is 4.34 Å². The molecule has 1 aromatic heterocycles. The summed E-state index contributed by atoms with van der Waals surface area (Å²) in [6.07, 6.45) is 9.86. The van der Waals surface area contributed by atoms with Crippen molar-refractivity contribution in [3.63, 3.8) is 0 Å². The highest BCUT2D eigenvalue weighted by atomic mass is 32.2. The zero-order chi connectivity index (χ0) is 13.8. The lowest BCUT2D eigenvalue weighted by Gasteiger charge is -1.97. The van der Waals surface area contributed by atoms with Gasteiger partial charge in [0, 0.05) is 12.2 Å². The van der Waals surface area contributed by atoms with Crippen LogP contribution >= 0.6 is 48.4 Å². The summed E-state index contributed by atoms with van der Waals surface area (Å²) >= 11 is 12.1. The van der Waals surface area contributed by atoms with E-state index in [1.165, 1.54) is 55.7 Å². The van der Waals surface area contributed by atoms with Crippen LogP contribution in [0.2, 0.25) is 0 Å². The van der Waals surface area contributed by atoms with Gasteiger partial charge in [-0.05, 0) is 37.2 Å². The molecule has 0 aliphatic heterocycles. The van der Waals surface area contributed by atoms with E-state index < -0.39 is 0 Å². The monoisotopic (exact) mass is 336 g/mol. The molecule has 0 N–H and O–H groups in total. The number of nitrogens with zero attached hydrogens (tertiary/aromatic N) is 2. The molecule has 0 radical (unpaired) electrons. The van der Waals surface area contributed by atoms with Crippen LogP contribution in [0.15, 0.2) is 4.34 Å². The molecule has 1 rings (SSSR count). The van der Waals surface area contributed by atoms with E-state index in [0.29, 0.717) is 0 Å². The second kappa shape index (κ2) is 12.4. The minimum absolute atomic E-state index is 0.991. The topological polar surface area (TPSA) is 25.8 Å². The lowest BCUT2D eigenvalue weighted by Crippen LogP contribution is -1.85. The third kappa shape index (κ3) is 9.21. The smallest absolute Gasteiger partial charge is 0.174 e. The van der Waals surface area contributed by atoms with Crippen LogP contribution in [-0.4, -0.2) is 27.5 Å². The summed E-state index contributed by atoms with van der Waals surface area (Å²) in [7, 11) is 0. The lowest BCUT2D eigenvalue weighted by molar-refractivity contribution is 0.711. The zero-order valence-corrected chi connectivity index (χ0v) is 14.8. The fourth-order valence-electron chi connectivity index (χ4n) is 1.69. The maximum absolute atomic E-state index is 4.26. The van der Waals surface area contributed by atoms with Crippen molar-refractivity contribution in [2.24, 2.45) is 0 Å². The molecular formula is C13H24N2S4. The molecular weight excluding hydrogens is 312 g/mol. The number of thioether (sulfide) groups is 1. The van der Waals surface area contributed by atoms with Gasteiger partial charge in [0.25, 0.3) is 0 Å². The van der Waals surface area contributed by atoms with Gasteiger partial charge in [0.2, 0.25) is 0 Å². The molecule has 110 valence electrons. The highest BCUT2D eigenvalue weighted by Gasteiger charge is 2.04. The molecule has 2 nitrogen and oxygen atoms in total. The predicted octanol–water partition coefficient (Wildman–Crippen LogP) is 4.76. The minimum atomic E-state index is 0.991. The Kier molecular flexibility index (Phi) is 11.5. The summed E-state index contributed by atoms with van der Waals surface area (Å²) < 4.78 is 1.14. The average molecular weight is 337 g/mol. The first kappa shape index (κ1) is 17.7. The first-order valence-corrected chi connectivity index (χ1v) is 10.1. The van der Waals surface area contributed by atoms with Crippen LogP contribution in [0.25, 0.3) is 0 Å². The average Bonchev–Trinajstić information content (AvgIpc) is 2.87. The molecule has 0 fully saturated rings. The first-order valence-electron chi connectivity index (χ1n) is 7.03. The van der Waals surface area contributed by atoms with E-state index in [4.69, 9.17) is 0 Å². The van der Waals surface area contributed by atoms with E-state index in [9.17, 15) is 0 Å². The highest BCUT2D eigenvalue weighted by Crippen LogP contribution is 2.24. The van der Waals surface area contributed by atoms with Crippen LogP contribution in [0.1, 0.15) is 50.0 Å². The Labute approximate surface area is 136 Å². The van der Waals surface area contributed by atoms with Crippen molar-refractivity contribution >= 4 is 48.4 Å². The Morgan fingerprint density at radius 1 is 0.842 bits per heavy atom. The van der Waals surface area contributed by atoms with Crippen LogP contribution < -0.4 is 0 Å². The third-order valence-corrected chi connectivity index (χ3v) is 5.61. The second-order valence-electron chi connectivity index (χ2n) is 4.48. The maximum atomic E-state index is 4.26. The summed E-state index contributed by atoms with van der Waals surface area (Å²) in [6.45, 7) is 0. The fourth-order valence-corrected chi connectivity index (χ4v) is 4.14. The number of rotatable bonds is 12. The van der Waals surface area contributed by atoms with E-state index >= 15 is 0 Å². The Morgan fingerprint density at radius 2 is 1.53 bits per heavy atom. The standard InChI is InChI=1S/C13H24N2S4/c16-9-5-1-2-7-11-18-13-15-14-12(19-13)8-4-3-6-10-17/h16-17H,1-11H2. The van der Waals surface area contributed by atoms with Crippen molar-refractivity contribution in [1.29, 1.82) is 0 Å². The van der Waals surface area contributed by atoms with Gasteiger partial charge >= 0.3 is 0 Å². The number of aryl methyl sites for hydroxylation is 1. The van der Waals surface area contributed by atoms with E-state index in [2.05, 4.69) is 35.5 Å². The quantitative estimate of drug-likeness (QED) is 0.327. The molecule has 0 amide bonds. The van der Waals surface area contributed by atoms with Crippen LogP contribution in [-0.2, 0) is 6.42 Å². The summed E-state index contributed by atoms with van der Waals surface area (Å²) in [5, 5.41) is 9.71. The molecule has 0 spiro atoms. The summed E-state index contributed by atoms with van der Waals surface area (Å²) in [5.74, 6) is 3.17. The minimum Gasteiger partial charge on any atom is -0.179 e. The Balaban J connectivity index is 2.06. The van der Waals surface area contributed by atoms with Gasteiger partial charge in [-0.15, -0.1) is 10.2 Å². The van der Waals surface area contributed by atoms with Gasteiger partial charge in [-0.25, -0.2) is 0 Å². The molecule has 0 saturated heterocycles. The van der Waals surface area contributed by atoms with Gasteiger partial charge in [0.05, 0.1) is 0 Å². The Hall–Kier alpha value is 0.610. The molecule has 0 aliphatic carbocycles. The van der Waals surface area contributed by atoms with Gasteiger partial charge in [0.1, 0.15) is 5.01 Å². The largest absolute Gasteiger partial charge is 0.179 e. The number of unbranched alkanes of at least 4 members (excludes halogenated alkanes) is 5. The molecule has 0 atom stereocenters. The Bertz CT molecular complexity index is 317. The molecule has 0 aliphatic rings. The van der Waals surface area contributed by atoms with E-state index in [1.54, 1.807) is 11.3 Å². The zero-order valence-electron chi connectivity index (χ0n) is 11.4. The summed E-state index contributed by atoms with van der Waals surface area (Å²) in [6, 6.07) is 0. The van der Waals surface area contributed by atoms with Crippen LogP contribution in [0.3, 0.4) is 0 Å². The van der Waals surface area contributed by atoms with Gasteiger partial charge < -0.3 is 0 Å². The van der Waals surface area contributed by atoms with E-state index in [0.717, 1.165) is 22.3 Å². The van der Waals surface area contributed by atoms with Gasteiger partial charge in [-0.2, -0.15) is 25.3 Å². The molecule has 6 heteroatoms. The fraction of sp³-hybridized carbons (Fsp3) is 0.846. The van der Waals surface area contributed by atoms with Crippen molar-refractivity contribution in [3.05, 3.63) is 5.01 Å². The first-order chi connectivity index (χ1) is 9.36. The predicted molar refractivity (Wildman–Crippen MR) is 94.4 cm³/mol. The van der Waals surface area contributed by atoms with Gasteiger partial charge in [-0.1, -0.05) is 42.4 Å². The van der Waals surface area contributed by atoms with Gasteiger partial charge in [-0.3, -0.25) is 0 Å². The Morgan fingerprint density at radius 3 is 2.26 bits per heavy atom. The molecule has 0 bridgehead atoms. The van der Waals surface area contributed by atoms with E-state index in [-0.39, 0.29) is 0 Å². The van der Waals surface area contributed by atoms with Crippen LogP contribution in [0, 0.1) is 0 Å². The third-order valence-electron chi connectivity index (χ3n) is 2.78. The number of thiol groups is 2. The van der Waals surface area contributed by atoms with Crippen molar-refractivity contribution in [2.45, 2.75) is 55.7 Å². The molecule has 19 heavy (non-hydrogen) atoms. The number of aromatic nitrogens is 2. The van der Waals surface area contributed by atoms with Crippen LogP contribution in [0.4, 0.5) is 0 Å².